The van der Waals surface area contributed by atoms with Gasteiger partial charge in [0.1, 0.15) is 12.0 Å². The molecule has 2 aromatic heterocycles. The first kappa shape index (κ1) is 17.7. The molecule has 4 N–H and O–H groups in total. The van der Waals surface area contributed by atoms with Crippen LogP contribution in [0.2, 0.25) is 5.15 Å². The Hall–Kier alpha value is -3.07. The van der Waals surface area contributed by atoms with Gasteiger partial charge in [0.15, 0.2) is 16.8 Å². The molecule has 0 aliphatic rings. The molecule has 0 fully saturated rings. The Morgan fingerprint density at radius 3 is 2.15 bits per heavy atom. The average Bonchev–Trinajstić information content (AvgIpc) is 2.60. The van der Waals surface area contributed by atoms with Crippen LogP contribution in [0.1, 0.15) is 5.56 Å². The van der Waals surface area contributed by atoms with E-state index in [4.69, 9.17) is 17.3 Å². The number of para-hydroxylation sites is 1. The van der Waals surface area contributed by atoms with Crippen molar-refractivity contribution >= 4 is 40.3 Å². The van der Waals surface area contributed by atoms with E-state index in [0.29, 0.717) is 5.69 Å². The summed E-state index contributed by atoms with van der Waals surface area (Å²) in [5.74, 6) is 0.209. The van der Waals surface area contributed by atoms with E-state index in [1.165, 1.54) is 30.7 Å². The fraction of sp³-hybridized carbons (Fsp3) is 0.0625. The number of pyridine rings is 1. The fourth-order valence-electron chi connectivity index (χ4n) is 2.17. The van der Waals surface area contributed by atoms with Gasteiger partial charge in [-0.25, -0.2) is 15.0 Å². The highest BCUT2D eigenvalue weighted by atomic mass is 35.5. The third-order valence-electron chi connectivity index (χ3n) is 3.38. The monoisotopic (exact) mass is 380 g/mol. The molecular weight excluding hydrogens is 369 g/mol. The summed E-state index contributed by atoms with van der Waals surface area (Å²) in [5.41, 5.74) is 5.47. The van der Waals surface area contributed by atoms with Crippen LogP contribution in [-0.4, -0.2) is 15.0 Å². The number of alkyl halides is 3. The molecule has 0 spiro atoms. The number of anilines is 5. The van der Waals surface area contributed by atoms with Crippen molar-refractivity contribution in [3.05, 3.63) is 59.6 Å². The first-order chi connectivity index (χ1) is 12.4. The minimum Gasteiger partial charge on any atom is -0.393 e. The molecule has 1 aromatic carbocycles. The van der Waals surface area contributed by atoms with Gasteiger partial charge in [0, 0.05) is 6.20 Å². The molecule has 0 unspecified atom stereocenters. The highest BCUT2D eigenvalue weighted by Crippen LogP contribution is 2.37. The molecule has 0 bridgehead atoms. The summed E-state index contributed by atoms with van der Waals surface area (Å²) >= 11 is 5.97. The normalized spacial score (nSPS) is 11.2. The Bertz CT molecular complexity index is 932. The van der Waals surface area contributed by atoms with Crippen LogP contribution in [0.5, 0.6) is 0 Å². The topological polar surface area (TPSA) is 88.8 Å². The number of hydrogen-bond acceptors (Lipinski definition) is 6. The van der Waals surface area contributed by atoms with Crippen LogP contribution in [0.3, 0.4) is 0 Å². The molecule has 0 atom stereocenters. The Balaban J connectivity index is 1.93. The largest absolute Gasteiger partial charge is 0.418 e. The third-order valence-corrected chi connectivity index (χ3v) is 3.68. The minimum absolute atomic E-state index is 0.0270. The van der Waals surface area contributed by atoms with Gasteiger partial charge in [-0.05, 0) is 24.3 Å². The number of rotatable bonds is 4. The second-order valence-corrected chi connectivity index (χ2v) is 5.48. The molecule has 0 saturated carbocycles. The lowest BCUT2D eigenvalue weighted by atomic mass is 10.1. The summed E-state index contributed by atoms with van der Waals surface area (Å²) in [6.45, 7) is 0. The van der Waals surface area contributed by atoms with Gasteiger partial charge in [-0.1, -0.05) is 23.7 Å². The third kappa shape index (κ3) is 3.77. The summed E-state index contributed by atoms with van der Waals surface area (Å²) < 4.78 is 39.4. The minimum atomic E-state index is -4.52. The number of nitrogens with two attached hydrogens (primary N) is 1. The number of benzene rings is 1. The number of nitrogens with zero attached hydrogens (tertiary/aromatic N) is 3. The lowest BCUT2D eigenvalue weighted by molar-refractivity contribution is -0.136. The van der Waals surface area contributed by atoms with E-state index in [-0.39, 0.29) is 28.2 Å². The first-order valence-corrected chi connectivity index (χ1v) is 7.65. The van der Waals surface area contributed by atoms with Crippen LogP contribution in [0.15, 0.2) is 48.9 Å². The van der Waals surface area contributed by atoms with Crippen LogP contribution >= 0.6 is 11.6 Å². The lowest BCUT2D eigenvalue weighted by Gasteiger charge is -2.16. The molecule has 3 rings (SSSR count). The van der Waals surface area contributed by atoms with Gasteiger partial charge in [0.2, 0.25) is 0 Å². The highest BCUT2D eigenvalue weighted by molar-refractivity contribution is 6.32. The van der Waals surface area contributed by atoms with Crippen molar-refractivity contribution in [3.63, 3.8) is 0 Å². The van der Waals surface area contributed by atoms with Gasteiger partial charge in [-0.3, -0.25) is 0 Å². The second kappa shape index (κ2) is 7.04. The van der Waals surface area contributed by atoms with Crippen LogP contribution in [0.4, 0.5) is 41.9 Å². The molecule has 0 aliphatic carbocycles. The van der Waals surface area contributed by atoms with E-state index < -0.39 is 11.7 Å². The molecule has 0 amide bonds. The molecule has 0 radical (unpaired) electrons. The molecule has 0 aliphatic heterocycles. The maximum Gasteiger partial charge on any atom is 0.418 e. The quantitative estimate of drug-likeness (QED) is 0.573. The van der Waals surface area contributed by atoms with Gasteiger partial charge in [0.25, 0.3) is 0 Å². The van der Waals surface area contributed by atoms with Crippen LogP contribution in [0.25, 0.3) is 0 Å². The molecule has 10 heteroatoms. The zero-order chi connectivity index (χ0) is 18.7. The second-order valence-electron chi connectivity index (χ2n) is 5.12. The van der Waals surface area contributed by atoms with Gasteiger partial charge in [0.05, 0.1) is 16.9 Å². The summed E-state index contributed by atoms with van der Waals surface area (Å²) in [5, 5.41) is 5.68. The van der Waals surface area contributed by atoms with Crippen LogP contribution in [0, 0.1) is 0 Å². The van der Waals surface area contributed by atoms with Crippen molar-refractivity contribution in [2.45, 2.75) is 6.18 Å². The summed E-state index contributed by atoms with van der Waals surface area (Å²) in [4.78, 5) is 11.8. The van der Waals surface area contributed by atoms with Gasteiger partial charge < -0.3 is 16.4 Å². The highest BCUT2D eigenvalue weighted by Gasteiger charge is 2.33. The Labute approximate surface area is 151 Å². The summed E-state index contributed by atoms with van der Waals surface area (Å²) in [7, 11) is 0. The van der Waals surface area contributed by atoms with E-state index in [9.17, 15) is 13.2 Å². The maximum absolute atomic E-state index is 13.1. The molecule has 2 heterocycles. The fourth-order valence-corrected chi connectivity index (χ4v) is 2.34. The van der Waals surface area contributed by atoms with E-state index in [0.717, 1.165) is 6.07 Å². The Kier molecular flexibility index (Phi) is 4.81. The molecule has 6 nitrogen and oxygen atoms in total. The van der Waals surface area contributed by atoms with E-state index >= 15 is 0 Å². The van der Waals surface area contributed by atoms with Crippen molar-refractivity contribution in [3.8, 4) is 0 Å². The van der Waals surface area contributed by atoms with E-state index in [1.807, 2.05) is 0 Å². The van der Waals surface area contributed by atoms with Gasteiger partial charge in [-0.2, -0.15) is 13.2 Å². The van der Waals surface area contributed by atoms with Crippen molar-refractivity contribution in [1.82, 2.24) is 15.0 Å². The number of aromatic nitrogens is 3. The van der Waals surface area contributed by atoms with Crippen molar-refractivity contribution in [2.24, 2.45) is 0 Å². The number of nitrogen functional groups attached to an aromatic ring is 1. The van der Waals surface area contributed by atoms with Crippen LogP contribution in [-0.2, 0) is 6.18 Å². The molecule has 0 saturated heterocycles. The smallest absolute Gasteiger partial charge is 0.393 e. The predicted octanol–water partition coefficient (Wildman–Crippen LogP) is 4.61. The first-order valence-electron chi connectivity index (χ1n) is 7.27. The maximum atomic E-state index is 13.1. The van der Waals surface area contributed by atoms with Crippen molar-refractivity contribution in [2.75, 3.05) is 16.4 Å². The SMILES string of the molecule is Nc1c(Nc2ccccc2C(F)(F)F)ncnc1Nc1cccnc1Cl. The van der Waals surface area contributed by atoms with Crippen molar-refractivity contribution < 1.29 is 13.2 Å². The van der Waals surface area contributed by atoms with Gasteiger partial charge >= 0.3 is 6.18 Å². The standard InChI is InChI=1S/C16H12ClF3N6/c17-13-11(6-3-7-22-13)26-15-12(21)14(23-8-24-15)25-10-5-2-1-4-9(10)16(18,19)20/h1-8H,21H2,(H2,23,24,25,26). The van der Waals surface area contributed by atoms with E-state index in [1.54, 1.807) is 12.1 Å². The number of halogens is 4. The van der Waals surface area contributed by atoms with Crippen LogP contribution < -0.4 is 16.4 Å². The average molecular weight is 381 g/mol. The summed E-state index contributed by atoms with van der Waals surface area (Å²) in [6.07, 6.45) is -1.84. The lowest BCUT2D eigenvalue weighted by Crippen LogP contribution is -2.10. The molecule has 3 aromatic rings. The molecule has 26 heavy (non-hydrogen) atoms. The van der Waals surface area contributed by atoms with Crippen molar-refractivity contribution in [1.29, 1.82) is 0 Å². The zero-order valence-electron chi connectivity index (χ0n) is 13.0. The van der Waals surface area contributed by atoms with E-state index in [2.05, 4.69) is 25.6 Å². The Morgan fingerprint density at radius 1 is 0.885 bits per heavy atom. The Morgan fingerprint density at radius 2 is 1.50 bits per heavy atom. The summed E-state index contributed by atoms with van der Waals surface area (Å²) in [6, 6.07) is 8.34. The number of hydrogen-bond donors (Lipinski definition) is 3. The number of nitrogens with one attached hydrogen (secondary N) is 2. The predicted molar refractivity (Wildman–Crippen MR) is 93.7 cm³/mol. The molecular formula is C16H12ClF3N6. The molecule has 134 valence electrons. The zero-order valence-corrected chi connectivity index (χ0v) is 13.8. The van der Waals surface area contributed by atoms with Gasteiger partial charge in [-0.15, -0.1) is 0 Å².